The molecular formula is C20H21N3O. The van der Waals surface area contributed by atoms with E-state index in [0.29, 0.717) is 0 Å². The molecular weight excluding hydrogens is 298 g/mol. The van der Waals surface area contributed by atoms with E-state index < -0.39 is 5.91 Å². The van der Waals surface area contributed by atoms with E-state index in [2.05, 4.69) is 24.2 Å². The number of aromatic nitrogens is 2. The van der Waals surface area contributed by atoms with Crippen molar-refractivity contribution >= 4 is 5.91 Å². The molecule has 0 aliphatic rings. The van der Waals surface area contributed by atoms with Crippen LogP contribution in [0.5, 0.6) is 0 Å². The van der Waals surface area contributed by atoms with Gasteiger partial charge in [0, 0.05) is 5.56 Å². The van der Waals surface area contributed by atoms with Gasteiger partial charge in [-0.15, -0.1) is 0 Å². The highest BCUT2D eigenvalue weighted by molar-refractivity contribution is 5.92. The normalized spacial score (nSPS) is 10.7. The second-order valence-corrected chi connectivity index (χ2v) is 5.83. The van der Waals surface area contributed by atoms with Crippen molar-refractivity contribution < 1.29 is 4.79 Å². The summed E-state index contributed by atoms with van der Waals surface area (Å²) in [5.41, 5.74) is 9.80. The largest absolute Gasteiger partial charge is 0.364 e. The molecule has 2 aromatic carbocycles. The lowest BCUT2D eigenvalue weighted by atomic mass is 10.0. The van der Waals surface area contributed by atoms with Gasteiger partial charge >= 0.3 is 0 Å². The number of amides is 1. The van der Waals surface area contributed by atoms with Crippen molar-refractivity contribution in [2.45, 2.75) is 26.2 Å². The number of unbranched alkanes of at least 4 members (excludes halogenated alkanes) is 1. The van der Waals surface area contributed by atoms with Gasteiger partial charge in [-0.3, -0.25) is 4.79 Å². The van der Waals surface area contributed by atoms with E-state index in [0.717, 1.165) is 36.2 Å². The topological polar surface area (TPSA) is 60.9 Å². The number of hydrogen-bond acceptors (Lipinski definition) is 2. The maximum Gasteiger partial charge on any atom is 0.269 e. The second kappa shape index (κ2) is 7.13. The fraction of sp³-hybridized carbons (Fsp3) is 0.200. The Hall–Kier alpha value is -2.88. The van der Waals surface area contributed by atoms with E-state index >= 15 is 0 Å². The second-order valence-electron chi connectivity index (χ2n) is 5.83. The quantitative estimate of drug-likeness (QED) is 0.747. The number of para-hydroxylation sites is 1. The van der Waals surface area contributed by atoms with Gasteiger partial charge in [0.25, 0.3) is 5.91 Å². The molecule has 0 saturated carbocycles. The van der Waals surface area contributed by atoms with Gasteiger partial charge in [0.1, 0.15) is 0 Å². The SMILES string of the molecule is CCCCc1cccc(-c2cc(C(N)=O)nn2-c2ccccc2)c1. The molecule has 1 aromatic heterocycles. The van der Waals surface area contributed by atoms with Crippen molar-refractivity contribution in [3.8, 4) is 16.9 Å². The first-order valence-corrected chi connectivity index (χ1v) is 8.23. The van der Waals surface area contributed by atoms with E-state index in [1.165, 1.54) is 5.56 Å². The van der Waals surface area contributed by atoms with Gasteiger partial charge in [0.05, 0.1) is 11.4 Å². The third-order valence-electron chi connectivity index (χ3n) is 4.00. The maximum absolute atomic E-state index is 11.6. The van der Waals surface area contributed by atoms with Crippen LogP contribution in [0.15, 0.2) is 60.7 Å². The van der Waals surface area contributed by atoms with E-state index in [1.807, 2.05) is 42.5 Å². The highest BCUT2D eigenvalue weighted by atomic mass is 16.1. The molecule has 0 aliphatic carbocycles. The first-order chi connectivity index (χ1) is 11.7. The maximum atomic E-state index is 11.6. The summed E-state index contributed by atoms with van der Waals surface area (Å²) in [5, 5.41) is 4.39. The monoisotopic (exact) mass is 319 g/mol. The van der Waals surface area contributed by atoms with Crippen LogP contribution in [0.25, 0.3) is 16.9 Å². The molecule has 0 radical (unpaired) electrons. The fourth-order valence-corrected chi connectivity index (χ4v) is 2.74. The third-order valence-corrected chi connectivity index (χ3v) is 4.00. The molecule has 1 amide bonds. The van der Waals surface area contributed by atoms with Crippen LogP contribution in [0.3, 0.4) is 0 Å². The predicted octanol–water partition coefficient (Wildman–Crippen LogP) is 3.98. The molecule has 4 heteroatoms. The molecule has 0 fully saturated rings. The Morgan fingerprint density at radius 2 is 1.88 bits per heavy atom. The molecule has 0 unspecified atom stereocenters. The van der Waals surface area contributed by atoms with Crippen molar-refractivity contribution in [2.24, 2.45) is 5.73 Å². The van der Waals surface area contributed by atoms with Gasteiger partial charge in [-0.05, 0) is 42.7 Å². The first kappa shape index (κ1) is 16.0. The number of rotatable bonds is 6. The van der Waals surface area contributed by atoms with Gasteiger partial charge in [-0.25, -0.2) is 4.68 Å². The molecule has 24 heavy (non-hydrogen) atoms. The zero-order valence-electron chi connectivity index (χ0n) is 13.8. The number of carbonyl (C=O) groups excluding carboxylic acids is 1. The number of hydrogen-bond donors (Lipinski definition) is 1. The zero-order valence-corrected chi connectivity index (χ0v) is 13.8. The average molecular weight is 319 g/mol. The molecule has 0 saturated heterocycles. The molecule has 0 bridgehead atoms. The smallest absolute Gasteiger partial charge is 0.269 e. The summed E-state index contributed by atoms with van der Waals surface area (Å²) in [6.07, 6.45) is 3.37. The van der Waals surface area contributed by atoms with Crippen LogP contribution in [0.1, 0.15) is 35.8 Å². The summed E-state index contributed by atoms with van der Waals surface area (Å²) in [5.74, 6) is -0.520. The third kappa shape index (κ3) is 3.38. The zero-order chi connectivity index (χ0) is 16.9. The summed E-state index contributed by atoms with van der Waals surface area (Å²) >= 11 is 0. The molecule has 0 aliphatic heterocycles. The van der Waals surface area contributed by atoms with Crippen LogP contribution in [0.2, 0.25) is 0 Å². The van der Waals surface area contributed by atoms with E-state index in [9.17, 15) is 4.79 Å². The fourth-order valence-electron chi connectivity index (χ4n) is 2.74. The summed E-state index contributed by atoms with van der Waals surface area (Å²) in [6, 6.07) is 19.9. The van der Waals surface area contributed by atoms with Crippen molar-refractivity contribution in [1.82, 2.24) is 9.78 Å². The number of carbonyl (C=O) groups is 1. The minimum Gasteiger partial charge on any atom is -0.364 e. The number of aryl methyl sites for hydroxylation is 1. The van der Waals surface area contributed by atoms with Crippen molar-refractivity contribution in [3.63, 3.8) is 0 Å². The molecule has 3 rings (SSSR count). The summed E-state index contributed by atoms with van der Waals surface area (Å²) in [7, 11) is 0. The standard InChI is InChI=1S/C20H21N3O/c1-2-3-8-15-9-7-10-16(13-15)19-14-18(20(21)24)22-23(19)17-11-5-4-6-12-17/h4-7,9-14H,2-3,8H2,1H3,(H2,21,24). The van der Waals surface area contributed by atoms with Crippen LogP contribution >= 0.6 is 0 Å². The Morgan fingerprint density at radius 3 is 2.58 bits per heavy atom. The predicted molar refractivity (Wildman–Crippen MR) is 96.1 cm³/mol. The first-order valence-electron chi connectivity index (χ1n) is 8.23. The molecule has 122 valence electrons. The minimum absolute atomic E-state index is 0.271. The lowest BCUT2D eigenvalue weighted by molar-refractivity contribution is 0.0995. The number of nitrogens with two attached hydrogens (primary N) is 1. The Morgan fingerprint density at radius 1 is 1.08 bits per heavy atom. The van der Waals surface area contributed by atoms with Gasteiger partial charge in [-0.2, -0.15) is 5.10 Å². The molecule has 0 spiro atoms. The van der Waals surface area contributed by atoms with E-state index in [1.54, 1.807) is 10.7 Å². The molecule has 3 aromatic rings. The number of nitrogens with zero attached hydrogens (tertiary/aromatic N) is 2. The Kier molecular flexibility index (Phi) is 4.75. The van der Waals surface area contributed by atoms with Crippen LogP contribution in [-0.2, 0) is 6.42 Å². The van der Waals surface area contributed by atoms with Crippen molar-refractivity contribution in [2.75, 3.05) is 0 Å². The number of benzene rings is 2. The Labute approximate surface area is 141 Å². The van der Waals surface area contributed by atoms with E-state index in [-0.39, 0.29) is 5.69 Å². The average Bonchev–Trinajstić information content (AvgIpc) is 3.07. The van der Waals surface area contributed by atoms with E-state index in [4.69, 9.17) is 5.73 Å². The molecule has 1 heterocycles. The van der Waals surface area contributed by atoms with Crippen molar-refractivity contribution in [1.29, 1.82) is 0 Å². The molecule has 4 nitrogen and oxygen atoms in total. The highest BCUT2D eigenvalue weighted by Crippen LogP contribution is 2.25. The summed E-state index contributed by atoms with van der Waals surface area (Å²) < 4.78 is 1.78. The van der Waals surface area contributed by atoms with Gasteiger partial charge < -0.3 is 5.73 Å². The van der Waals surface area contributed by atoms with Gasteiger partial charge in [0.2, 0.25) is 0 Å². The lowest BCUT2D eigenvalue weighted by Crippen LogP contribution is -2.12. The van der Waals surface area contributed by atoms with Crippen LogP contribution in [0, 0.1) is 0 Å². The highest BCUT2D eigenvalue weighted by Gasteiger charge is 2.15. The molecule has 0 atom stereocenters. The van der Waals surface area contributed by atoms with Gasteiger partial charge in [0.15, 0.2) is 5.69 Å². The molecule has 2 N–H and O–H groups in total. The van der Waals surface area contributed by atoms with Crippen LogP contribution in [-0.4, -0.2) is 15.7 Å². The Balaban J connectivity index is 2.08. The summed E-state index contributed by atoms with van der Waals surface area (Å²) in [6.45, 7) is 2.19. The minimum atomic E-state index is -0.520. The number of primary amides is 1. The van der Waals surface area contributed by atoms with Gasteiger partial charge in [-0.1, -0.05) is 49.7 Å². The van der Waals surface area contributed by atoms with Crippen molar-refractivity contribution in [3.05, 3.63) is 71.9 Å². The lowest BCUT2D eigenvalue weighted by Gasteiger charge is -2.09. The Bertz CT molecular complexity index is 837. The van der Waals surface area contributed by atoms with Crippen LogP contribution < -0.4 is 5.73 Å². The summed E-state index contributed by atoms with van der Waals surface area (Å²) in [4.78, 5) is 11.6. The van der Waals surface area contributed by atoms with Crippen LogP contribution in [0.4, 0.5) is 0 Å².